The number of nitrogen functional groups attached to an aromatic ring is 1. The second-order valence-electron chi connectivity index (χ2n) is 3.51. The van der Waals surface area contributed by atoms with Crippen molar-refractivity contribution in [2.45, 2.75) is 13.8 Å². The van der Waals surface area contributed by atoms with Crippen molar-refractivity contribution >= 4 is 17.4 Å². The van der Waals surface area contributed by atoms with Crippen LogP contribution in [0.15, 0.2) is 22.7 Å². The Kier molecular flexibility index (Phi) is 2.40. The van der Waals surface area contributed by atoms with E-state index in [0.29, 0.717) is 16.6 Å². The van der Waals surface area contributed by atoms with Crippen LogP contribution in [0.5, 0.6) is 0 Å². The number of halogens is 1. The van der Waals surface area contributed by atoms with E-state index in [4.69, 9.17) is 21.9 Å². The molecule has 1 aromatic heterocycles. The highest BCUT2D eigenvalue weighted by molar-refractivity contribution is 6.33. The van der Waals surface area contributed by atoms with Crippen LogP contribution in [-0.2, 0) is 0 Å². The zero-order chi connectivity index (χ0) is 11.0. The zero-order valence-electron chi connectivity index (χ0n) is 8.54. The summed E-state index contributed by atoms with van der Waals surface area (Å²) in [5, 5.41) is 4.35. The van der Waals surface area contributed by atoms with Gasteiger partial charge in [-0.1, -0.05) is 22.8 Å². The van der Waals surface area contributed by atoms with E-state index in [9.17, 15) is 0 Å². The first-order valence-electron chi connectivity index (χ1n) is 4.58. The lowest BCUT2D eigenvalue weighted by Crippen LogP contribution is -1.87. The van der Waals surface area contributed by atoms with Crippen molar-refractivity contribution in [1.29, 1.82) is 0 Å². The van der Waals surface area contributed by atoms with Crippen molar-refractivity contribution in [3.63, 3.8) is 0 Å². The lowest BCUT2D eigenvalue weighted by Gasteiger charge is -2.02. The van der Waals surface area contributed by atoms with E-state index >= 15 is 0 Å². The van der Waals surface area contributed by atoms with Crippen molar-refractivity contribution in [2.24, 2.45) is 0 Å². The van der Waals surface area contributed by atoms with E-state index in [1.807, 2.05) is 32.0 Å². The summed E-state index contributed by atoms with van der Waals surface area (Å²) in [6, 6.07) is 5.76. The average molecular weight is 223 g/mol. The van der Waals surface area contributed by atoms with Crippen LogP contribution in [0.3, 0.4) is 0 Å². The second-order valence-corrected chi connectivity index (χ2v) is 3.91. The molecular weight excluding hydrogens is 212 g/mol. The minimum absolute atomic E-state index is 0.404. The van der Waals surface area contributed by atoms with Gasteiger partial charge in [-0.2, -0.15) is 0 Å². The number of benzene rings is 1. The molecule has 2 aromatic rings. The predicted molar refractivity (Wildman–Crippen MR) is 60.8 cm³/mol. The van der Waals surface area contributed by atoms with Gasteiger partial charge in [0.15, 0.2) is 11.6 Å². The van der Waals surface area contributed by atoms with Crippen LogP contribution in [0.25, 0.3) is 11.3 Å². The molecule has 0 aliphatic heterocycles. The summed E-state index contributed by atoms with van der Waals surface area (Å²) in [4.78, 5) is 0. The maximum atomic E-state index is 6.12. The number of hydrogen-bond acceptors (Lipinski definition) is 3. The number of hydrogen-bond donors (Lipinski definition) is 1. The molecule has 0 amide bonds. The van der Waals surface area contributed by atoms with Gasteiger partial charge in [-0.25, -0.2) is 0 Å². The van der Waals surface area contributed by atoms with E-state index in [2.05, 4.69) is 5.16 Å². The molecule has 0 atom stereocenters. The van der Waals surface area contributed by atoms with Gasteiger partial charge < -0.3 is 10.3 Å². The maximum absolute atomic E-state index is 6.12. The van der Waals surface area contributed by atoms with Crippen LogP contribution in [0.2, 0.25) is 5.02 Å². The van der Waals surface area contributed by atoms with Gasteiger partial charge in [0.05, 0.1) is 5.02 Å². The average Bonchev–Trinajstić information content (AvgIpc) is 2.49. The summed E-state index contributed by atoms with van der Waals surface area (Å²) in [5.74, 6) is 1.04. The molecule has 2 rings (SSSR count). The molecule has 78 valence electrons. The Bertz CT molecular complexity index is 505. The molecule has 1 heterocycles. The van der Waals surface area contributed by atoms with Crippen LogP contribution < -0.4 is 5.73 Å². The molecule has 0 bridgehead atoms. The molecule has 0 spiro atoms. The van der Waals surface area contributed by atoms with Crippen molar-refractivity contribution in [1.82, 2.24) is 5.16 Å². The van der Waals surface area contributed by atoms with Crippen molar-refractivity contribution in [3.05, 3.63) is 34.3 Å². The zero-order valence-corrected chi connectivity index (χ0v) is 9.30. The molecule has 0 saturated heterocycles. The molecule has 15 heavy (non-hydrogen) atoms. The monoisotopic (exact) mass is 222 g/mol. The van der Waals surface area contributed by atoms with E-state index < -0.39 is 0 Å². The Balaban J connectivity index is 2.59. The predicted octanol–water partition coefficient (Wildman–Crippen LogP) is 3.19. The highest BCUT2D eigenvalue weighted by Crippen LogP contribution is 2.32. The van der Waals surface area contributed by atoms with Crippen LogP contribution in [-0.4, -0.2) is 5.16 Å². The summed E-state index contributed by atoms with van der Waals surface area (Å²) < 4.78 is 5.14. The molecule has 0 radical (unpaired) electrons. The largest absolute Gasteiger partial charge is 0.381 e. The Hall–Kier alpha value is -1.48. The third-order valence-corrected chi connectivity index (χ3v) is 2.64. The first kappa shape index (κ1) is 10.1. The molecule has 0 aliphatic carbocycles. The summed E-state index contributed by atoms with van der Waals surface area (Å²) in [6.45, 7) is 3.84. The Morgan fingerprint density at radius 3 is 2.60 bits per heavy atom. The number of nitrogens with zero attached hydrogens (tertiary/aromatic N) is 1. The summed E-state index contributed by atoms with van der Waals surface area (Å²) >= 11 is 6.12. The Morgan fingerprint density at radius 1 is 1.33 bits per heavy atom. The topological polar surface area (TPSA) is 52.0 Å². The van der Waals surface area contributed by atoms with Gasteiger partial charge in [0.25, 0.3) is 0 Å². The van der Waals surface area contributed by atoms with Crippen molar-refractivity contribution in [3.8, 4) is 11.3 Å². The number of aryl methyl sites for hydroxylation is 1. The minimum Gasteiger partial charge on any atom is -0.381 e. The maximum Gasteiger partial charge on any atom is 0.173 e. The quantitative estimate of drug-likeness (QED) is 0.806. The fourth-order valence-electron chi connectivity index (χ4n) is 1.40. The van der Waals surface area contributed by atoms with Crippen LogP contribution in [0, 0.1) is 13.8 Å². The SMILES string of the molecule is Cc1ccc(-c2onc(N)c2C)c(Cl)c1. The lowest BCUT2D eigenvalue weighted by molar-refractivity contribution is 0.435. The van der Waals surface area contributed by atoms with Crippen LogP contribution >= 0.6 is 11.6 Å². The summed E-state index contributed by atoms with van der Waals surface area (Å²) in [6.07, 6.45) is 0. The second kappa shape index (κ2) is 3.59. The van der Waals surface area contributed by atoms with Crippen molar-refractivity contribution < 1.29 is 4.52 Å². The first-order chi connectivity index (χ1) is 7.09. The number of anilines is 1. The third kappa shape index (κ3) is 1.70. The molecule has 1 aromatic carbocycles. The molecule has 0 fully saturated rings. The van der Waals surface area contributed by atoms with Crippen LogP contribution in [0.1, 0.15) is 11.1 Å². The van der Waals surface area contributed by atoms with E-state index in [0.717, 1.165) is 16.7 Å². The van der Waals surface area contributed by atoms with E-state index in [1.54, 1.807) is 0 Å². The fourth-order valence-corrected chi connectivity index (χ4v) is 1.72. The molecule has 4 heteroatoms. The Morgan fingerprint density at radius 2 is 2.07 bits per heavy atom. The number of rotatable bonds is 1. The van der Waals surface area contributed by atoms with Gasteiger partial charge in [-0.05, 0) is 31.5 Å². The number of aromatic nitrogens is 1. The Labute approximate surface area is 92.8 Å². The number of nitrogens with two attached hydrogens (primary N) is 1. The summed E-state index contributed by atoms with van der Waals surface area (Å²) in [7, 11) is 0. The first-order valence-corrected chi connectivity index (χ1v) is 4.95. The standard InChI is InChI=1S/C11H11ClN2O/c1-6-3-4-8(9(12)5-6)10-7(2)11(13)14-15-10/h3-5H,1-2H3,(H2,13,14). The van der Waals surface area contributed by atoms with Gasteiger partial charge in [-0.15, -0.1) is 0 Å². The highest BCUT2D eigenvalue weighted by atomic mass is 35.5. The molecule has 3 nitrogen and oxygen atoms in total. The minimum atomic E-state index is 0.404. The van der Waals surface area contributed by atoms with Crippen LogP contribution in [0.4, 0.5) is 5.82 Å². The molecular formula is C11H11ClN2O. The van der Waals surface area contributed by atoms with Gasteiger partial charge >= 0.3 is 0 Å². The normalized spacial score (nSPS) is 10.6. The molecule has 0 aliphatic rings. The fraction of sp³-hybridized carbons (Fsp3) is 0.182. The van der Waals surface area contributed by atoms with E-state index in [1.165, 1.54) is 0 Å². The third-order valence-electron chi connectivity index (χ3n) is 2.33. The van der Waals surface area contributed by atoms with Gasteiger partial charge in [0.2, 0.25) is 0 Å². The van der Waals surface area contributed by atoms with Gasteiger partial charge in [0.1, 0.15) is 0 Å². The molecule has 0 saturated carbocycles. The van der Waals surface area contributed by atoms with E-state index in [-0.39, 0.29) is 0 Å². The lowest BCUT2D eigenvalue weighted by atomic mass is 10.1. The smallest absolute Gasteiger partial charge is 0.173 e. The highest BCUT2D eigenvalue weighted by Gasteiger charge is 2.14. The van der Waals surface area contributed by atoms with Gasteiger partial charge in [-0.3, -0.25) is 0 Å². The van der Waals surface area contributed by atoms with Crippen molar-refractivity contribution in [2.75, 3.05) is 5.73 Å². The molecule has 0 unspecified atom stereocenters. The summed E-state index contributed by atoms with van der Waals surface area (Å²) in [5.41, 5.74) is 8.36. The molecule has 2 N–H and O–H groups in total. The van der Waals surface area contributed by atoms with Gasteiger partial charge in [0, 0.05) is 11.1 Å².